The van der Waals surface area contributed by atoms with Crippen LogP contribution in [0, 0.1) is 0 Å². The van der Waals surface area contributed by atoms with Crippen molar-refractivity contribution in [1.82, 2.24) is 10.2 Å². The van der Waals surface area contributed by atoms with Gasteiger partial charge in [-0.25, -0.2) is 0 Å². The SMILES string of the molecule is CNC(=O)c1ccc(CN(C)C(=O)CCC(=O)c2ccc(SC)cc2)cc1. The number of thioether (sulfide) groups is 1. The van der Waals surface area contributed by atoms with Crippen LogP contribution in [0.5, 0.6) is 0 Å². The van der Waals surface area contributed by atoms with Gasteiger partial charge in [-0.3, -0.25) is 14.4 Å². The fraction of sp³-hybridized carbons (Fsp3) is 0.286. The normalized spacial score (nSPS) is 10.3. The van der Waals surface area contributed by atoms with E-state index in [9.17, 15) is 14.4 Å². The van der Waals surface area contributed by atoms with E-state index in [1.54, 1.807) is 55.0 Å². The Balaban J connectivity index is 1.85. The molecule has 2 aromatic rings. The minimum Gasteiger partial charge on any atom is -0.355 e. The van der Waals surface area contributed by atoms with E-state index < -0.39 is 0 Å². The zero-order valence-corrected chi connectivity index (χ0v) is 16.6. The number of carbonyl (C=O) groups is 3. The molecule has 0 atom stereocenters. The number of hydrogen-bond donors (Lipinski definition) is 1. The lowest BCUT2D eigenvalue weighted by Gasteiger charge is -2.17. The maximum Gasteiger partial charge on any atom is 0.251 e. The molecule has 0 saturated heterocycles. The summed E-state index contributed by atoms with van der Waals surface area (Å²) < 4.78 is 0. The summed E-state index contributed by atoms with van der Waals surface area (Å²) in [6.45, 7) is 0.434. The molecule has 0 unspecified atom stereocenters. The number of rotatable bonds is 8. The maximum atomic E-state index is 12.3. The van der Waals surface area contributed by atoms with Gasteiger partial charge in [0.1, 0.15) is 0 Å². The van der Waals surface area contributed by atoms with Gasteiger partial charge in [-0.15, -0.1) is 11.8 Å². The first-order valence-corrected chi connectivity index (χ1v) is 9.89. The number of carbonyl (C=O) groups excluding carboxylic acids is 3. The monoisotopic (exact) mass is 384 g/mol. The Kier molecular flexibility index (Phi) is 7.61. The quantitative estimate of drug-likeness (QED) is 0.560. The Bertz CT molecular complexity index is 801. The highest BCUT2D eigenvalue weighted by atomic mass is 32.2. The third-order valence-corrected chi connectivity index (χ3v) is 5.01. The minimum atomic E-state index is -0.143. The lowest BCUT2D eigenvalue weighted by molar-refractivity contribution is -0.130. The second kappa shape index (κ2) is 9.92. The Morgan fingerprint density at radius 2 is 1.52 bits per heavy atom. The van der Waals surface area contributed by atoms with E-state index in [1.165, 1.54) is 0 Å². The molecule has 0 aromatic heterocycles. The summed E-state index contributed by atoms with van der Waals surface area (Å²) in [6, 6.07) is 14.5. The summed E-state index contributed by atoms with van der Waals surface area (Å²) in [5, 5.41) is 2.57. The van der Waals surface area contributed by atoms with Gasteiger partial charge in [-0.05, 0) is 36.1 Å². The number of ketones is 1. The zero-order valence-electron chi connectivity index (χ0n) is 15.8. The number of Topliss-reactive ketones (excluding diaryl/α,β-unsaturated/α-hetero) is 1. The molecule has 27 heavy (non-hydrogen) atoms. The average molecular weight is 385 g/mol. The van der Waals surface area contributed by atoms with Gasteiger partial charge in [-0.1, -0.05) is 24.3 Å². The lowest BCUT2D eigenvalue weighted by Crippen LogP contribution is -2.26. The van der Waals surface area contributed by atoms with Crippen molar-refractivity contribution in [3.8, 4) is 0 Å². The molecule has 0 aliphatic carbocycles. The van der Waals surface area contributed by atoms with Gasteiger partial charge in [0.15, 0.2) is 5.78 Å². The topological polar surface area (TPSA) is 66.5 Å². The minimum absolute atomic E-state index is 0.0284. The second-order valence-corrected chi connectivity index (χ2v) is 7.06. The van der Waals surface area contributed by atoms with Crippen LogP contribution in [0.15, 0.2) is 53.4 Å². The number of amides is 2. The Morgan fingerprint density at radius 1 is 0.926 bits per heavy atom. The first-order chi connectivity index (χ1) is 12.9. The standard InChI is InChI=1S/C21H24N2O3S/c1-22-21(26)17-6-4-15(5-7-17)14-23(2)20(25)13-12-19(24)16-8-10-18(27-3)11-9-16/h4-11H,12-14H2,1-3H3,(H,22,26). The summed E-state index contributed by atoms with van der Waals surface area (Å²) in [5.74, 6) is -0.256. The highest BCUT2D eigenvalue weighted by molar-refractivity contribution is 7.98. The van der Waals surface area contributed by atoms with Crippen molar-refractivity contribution in [2.45, 2.75) is 24.3 Å². The number of nitrogens with one attached hydrogen (secondary N) is 1. The van der Waals surface area contributed by atoms with Crippen LogP contribution in [0.1, 0.15) is 39.1 Å². The van der Waals surface area contributed by atoms with Gasteiger partial charge in [0.25, 0.3) is 5.91 Å². The van der Waals surface area contributed by atoms with Crippen LogP contribution in [0.2, 0.25) is 0 Å². The summed E-state index contributed by atoms with van der Waals surface area (Å²) in [4.78, 5) is 38.8. The molecule has 0 fully saturated rings. The van der Waals surface area contributed by atoms with Crippen molar-refractivity contribution >= 4 is 29.4 Å². The second-order valence-electron chi connectivity index (χ2n) is 6.18. The highest BCUT2D eigenvalue weighted by Gasteiger charge is 2.13. The first-order valence-electron chi connectivity index (χ1n) is 8.67. The van der Waals surface area contributed by atoms with Crippen LogP contribution in [-0.4, -0.2) is 42.8 Å². The molecule has 2 rings (SSSR count). The Morgan fingerprint density at radius 3 is 2.07 bits per heavy atom. The van der Waals surface area contributed by atoms with Gasteiger partial charge >= 0.3 is 0 Å². The van der Waals surface area contributed by atoms with Crippen molar-refractivity contribution in [2.75, 3.05) is 20.4 Å². The molecule has 2 aromatic carbocycles. The molecular weight excluding hydrogens is 360 g/mol. The van der Waals surface area contributed by atoms with Crippen LogP contribution in [-0.2, 0) is 11.3 Å². The molecule has 0 radical (unpaired) electrons. The number of nitrogens with zero attached hydrogens (tertiary/aromatic N) is 1. The molecule has 1 N–H and O–H groups in total. The first kappa shape index (κ1) is 20.7. The van der Waals surface area contributed by atoms with Crippen molar-refractivity contribution in [2.24, 2.45) is 0 Å². The van der Waals surface area contributed by atoms with Crippen molar-refractivity contribution in [1.29, 1.82) is 0 Å². The number of hydrogen-bond acceptors (Lipinski definition) is 4. The van der Waals surface area contributed by atoms with Crippen molar-refractivity contribution in [3.05, 3.63) is 65.2 Å². The largest absolute Gasteiger partial charge is 0.355 e. The van der Waals surface area contributed by atoms with Crippen LogP contribution >= 0.6 is 11.8 Å². The Hall–Kier alpha value is -2.60. The zero-order chi connectivity index (χ0) is 19.8. The van der Waals surface area contributed by atoms with Crippen LogP contribution < -0.4 is 5.32 Å². The van der Waals surface area contributed by atoms with E-state index in [1.807, 2.05) is 30.5 Å². The van der Waals surface area contributed by atoms with Gasteiger partial charge in [0, 0.05) is 49.5 Å². The van der Waals surface area contributed by atoms with Crippen LogP contribution in [0.4, 0.5) is 0 Å². The van der Waals surface area contributed by atoms with E-state index in [0.29, 0.717) is 17.7 Å². The molecule has 0 heterocycles. The molecular formula is C21H24N2O3S. The molecule has 5 nitrogen and oxygen atoms in total. The average Bonchev–Trinajstić information content (AvgIpc) is 2.71. The van der Waals surface area contributed by atoms with Gasteiger partial charge in [0.05, 0.1) is 0 Å². The van der Waals surface area contributed by atoms with Crippen molar-refractivity contribution < 1.29 is 14.4 Å². The third-order valence-electron chi connectivity index (χ3n) is 4.27. The summed E-state index contributed by atoms with van der Waals surface area (Å²) in [5.41, 5.74) is 2.14. The third kappa shape index (κ3) is 5.96. The fourth-order valence-electron chi connectivity index (χ4n) is 2.60. The molecule has 2 amide bonds. The van der Waals surface area contributed by atoms with Crippen LogP contribution in [0.25, 0.3) is 0 Å². The fourth-order valence-corrected chi connectivity index (χ4v) is 3.01. The predicted molar refractivity (Wildman–Crippen MR) is 108 cm³/mol. The van der Waals surface area contributed by atoms with E-state index in [0.717, 1.165) is 10.5 Å². The smallest absolute Gasteiger partial charge is 0.251 e. The predicted octanol–water partition coefficient (Wildman–Crippen LogP) is 3.39. The van der Waals surface area contributed by atoms with E-state index in [2.05, 4.69) is 5.32 Å². The van der Waals surface area contributed by atoms with E-state index in [-0.39, 0.29) is 30.4 Å². The molecule has 0 saturated carbocycles. The molecule has 0 spiro atoms. The van der Waals surface area contributed by atoms with Crippen molar-refractivity contribution in [3.63, 3.8) is 0 Å². The van der Waals surface area contributed by atoms with Gasteiger partial charge < -0.3 is 10.2 Å². The summed E-state index contributed by atoms with van der Waals surface area (Å²) >= 11 is 1.62. The molecule has 142 valence electrons. The molecule has 0 aliphatic rings. The van der Waals surface area contributed by atoms with Gasteiger partial charge in [0.2, 0.25) is 5.91 Å². The summed E-state index contributed by atoms with van der Waals surface area (Å²) in [7, 11) is 3.30. The molecule has 0 aliphatic heterocycles. The molecule has 0 bridgehead atoms. The van der Waals surface area contributed by atoms with Gasteiger partial charge in [-0.2, -0.15) is 0 Å². The number of benzene rings is 2. The van der Waals surface area contributed by atoms with Crippen LogP contribution in [0.3, 0.4) is 0 Å². The summed E-state index contributed by atoms with van der Waals surface area (Å²) in [6.07, 6.45) is 2.35. The molecule has 6 heteroatoms. The van der Waals surface area contributed by atoms with E-state index in [4.69, 9.17) is 0 Å². The lowest BCUT2D eigenvalue weighted by atomic mass is 10.1. The van der Waals surface area contributed by atoms with E-state index >= 15 is 0 Å². The highest BCUT2D eigenvalue weighted by Crippen LogP contribution is 2.16. The maximum absolute atomic E-state index is 12.3. The Labute approximate surface area is 164 Å².